The van der Waals surface area contributed by atoms with Crippen LogP contribution in [-0.2, 0) is 11.3 Å². The highest BCUT2D eigenvalue weighted by Crippen LogP contribution is 2.38. The van der Waals surface area contributed by atoms with Crippen molar-refractivity contribution in [3.63, 3.8) is 0 Å². The lowest BCUT2D eigenvalue weighted by Crippen LogP contribution is -2.24. The summed E-state index contributed by atoms with van der Waals surface area (Å²) in [4.78, 5) is 32.6. The third-order valence-corrected chi connectivity index (χ3v) is 6.76. The van der Waals surface area contributed by atoms with Crippen LogP contribution in [-0.4, -0.2) is 15.5 Å². The third kappa shape index (κ3) is 3.75. The summed E-state index contributed by atoms with van der Waals surface area (Å²) in [5.41, 5.74) is 8.24. The van der Waals surface area contributed by atoms with Crippen molar-refractivity contribution in [1.82, 2.24) is 9.55 Å². The number of nitrogens with two attached hydrogens (primary N) is 1. The number of benzene rings is 1. The molecule has 29 heavy (non-hydrogen) atoms. The van der Waals surface area contributed by atoms with Gasteiger partial charge in [0.05, 0.1) is 5.39 Å². The number of fused-ring (bicyclic) bond motifs is 1. The van der Waals surface area contributed by atoms with E-state index in [0.717, 1.165) is 31.3 Å². The average molecular weight is 424 g/mol. The number of carbonyl (C=O) groups excluding carboxylic acids is 1. The minimum absolute atomic E-state index is 0.0669. The molecule has 4 aromatic rings. The predicted molar refractivity (Wildman–Crippen MR) is 121 cm³/mol. The van der Waals surface area contributed by atoms with Gasteiger partial charge in [0.25, 0.3) is 5.56 Å². The van der Waals surface area contributed by atoms with E-state index in [-0.39, 0.29) is 17.9 Å². The van der Waals surface area contributed by atoms with Gasteiger partial charge in [-0.25, -0.2) is 4.98 Å². The summed E-state index contributed by atoms with van der Waals surface area (Å²) in [5.74, 6) is 0.264. The second kappa shape index (κ2) is 7.93. The van der Waals surface area contributed by atoms with Crippen LogP contribution in [0.5, 0.6) is 0 Å². The molecule has 2 N–H and O–H groups in total. The zero-order chi connectivity index (χ0) is 20.5. The van der Waals surface area contributed by atoms with Gasteiger partial charge in [0, 0.05) is 33.8 Å². The number of thiophene rings is 2. The number of aryl methyl sites for hydroxylation is 2. The van der Waals surface area contributed by atoms with E-state index in [0.29, 0.717) is 24.2 Å². The maximum atomic E-state index is 13.6. The first-order valence-corrected chi connectivity index (χ1v) is 11.1. The molecule has 0 aliphatic heterocycles. The van der Waals surface area contributed by atoms with Crippen LogP contribution in [0.3, 0.4) is 0 Å². The van der Waals surface area contributed by atoms with Crippen molar-refractivity contribution < 1.29 is 4.79 Å². The fourth-order valence-electron chi connectivity index (χ4n) is 3.45. The smallest absolute Gasteiger partial charge is 0.263 e. The van der Waals surface area contributed by atoms with Crippen molar-refractivity contribution >= 4 is 38.8 Å². The first kappa shape index (κ1) is 19.5. The number of rotatable bonds is 6. The van der Waals surface area contributed by atoms with Crippen molar-refractivity contribution in [2.75, 3.05) is 0 Å². The van der Waals surface area contributed by atoms with Crippen LogP contribution in [0.1, 0.15) is 23.3 Å². The Kier molecular flexibility index (Phi) is 5.34. The second-order valence-electron chi connectivity index (χ2n) is 7.02. The molecular formula is C22H21N3O2S2. The van der Waals surface area contributed by atoms with Gasteiger partial charge < -0.3 is 5.73 Å². The van der Waals surface area contributed by atoms with Gasteiger partial charge in [-0.1, -0.05) is 35.9 Å². The van der Waals surface area contributed by atoms with Crippen molar-refractivity contribution in [2.24, 2.45) is 5.73 Å². The van der Waals surface area contributed by atoms with Gasteiger partial charge in [0.15, 0.2) is 0 Å². The highest BCUT2D eigenvalue weighted by Gasteiger charge is 2.21. The minimum Gasteiger partial charge on any atom is -0.370 e. The quantitative estimate of drug-likeness (QED) is 0.487. The Morgan fingerprint density at radius 2 is 1.93 bits per heavy atom. The number of primary amides is 1. The lowest BCUT2D eigenvalue weighted by molar-refractivity contribution is -0.118. The van der Waals surface area contributed by atoms with Crippen LogP contribution in [0.25, 0.3) is 32.0 Å². The van der Waals surface area contributed by atoms with Crippen LogP contribution in [0.2, 0.25) is 0 Å². The largest absolute Gasteiger partial charge is 0.370 e. The van der Waals surface area contributed by atoms with E-state index in [1.807, 2.05) is 55.6 Å². The summed E-state index contributed by atoms with van der Waals surface area (Å²) in [6.45, 7) is 4.45. The highest BCUT2D eigenvalue weighted by atomic mass is 32.1. The van der Waals surface area contributed by atoms with Crippen LogP contribution in [0.4, 0.5) is 0 Å². The SMILES string of the molecule is Cc1ccc(-c2nc3sc(C)c(-c4cccs4)c3c(=O)n2CCCC(N)=O)cc1. The molecule has 7 heteroatoms. The molecule has 3 heterocycles. The third-order valence-electron chi connectivity index (χ3n) is 4.87. The molecule has 148 valence electrons. The molecule has 0 fully saturated rings. The molecule has 0 radical (unpaired) electrons. The Hall–Kier alpha value is -2.77. The van der Waals surface area contributed by atoms with Gasteiger partial charge in [0.2, 0.25) is 5.91 Å². The lowest BCUT2D eigenvalue weighted by Gasteiger charge is -2.13. The summed E-state index contributed by atoms with van der Waals surface area (Å²) in [6.07, 6.45) is 0.733. The van der Waals surface area contributed by atoms with Gasteiger partial charge in [0.1, 0.15) is 10.7 Å². The molecule has 0 unspecified atom stereocenters. The monoisotopic (exact) mass is 423 g/mol. The van der Waals surface area contributed by atoms with Crippen molar-refractivity contribution in [2.45, 2.75) is 33.2 Å². The van der Waals surface area contributed by atoms with Crippen molar-refractivity contribution in [3.05, 3.63) is 62.6 Å². The van der Waals surface area contributed by atoms with E-state index in [1.165, 1.54) is 0 Å². The average Bonchev–Trinajstić information content (AvgIpc) is 3.31. The Balaban J connectivity index is 1.95. The molecular weight excluding hydrogens is 402 g/mol. The zero-order valence-corrected chi connectivity index (χ0v) is 17.9. The van der Waals surface area contributed by atoms with Gasteiger partial charge in [-0.05, 0) is 31.7 Å². The maximum Gasteiger partial charge on any atom is 0.263 e. The summed E-state index contributed by atoms with van der Waals surface area (Å²) in [5, 5.41) is 2.67. The second-order valence-corrected chi connectivity index (χ2v) is 9.17. The van der Waals surface area contributed by atoms with E-state index >= 15 is 0 Å². The molecule has 0 bridgehead atoms. The molecule has 0 spiro atoms. The minimum atomic E-state index is -0.366. The molecule has 1 amide bonds. The molecule has 4 rings (SSSR count). The first-order valence-electron chi connectivity index (χ1n) is 9.39. The zero-order valence-electron chi connectivity index (χ0n) is 16.3. The summed E-state index contributed by atoms with van der Waals surface area (Å²) in [7, 11) is 0. The topological polar surface area (TPSA) is 78.0 Å². The number of aromatic nitrogens is 2. The van der Waals surface area contributed by atoms with Crippen molar-refractivity contribution in [1.29, 1.82) is 0 Å². The molecule has 0 saturated carbocycles. The Morgan fingerprint density at radius 3 is 2.59 bits per heavy atom. The van der Waals surface area contributed by atoms with E-state index in [4.69, 9.17) is 10.7 Å². The number of hydrogen-bond donors (Lipinski definition) is 1. The van der Waals surface area contributed by atoms with Crippen molar-refractivity contribution in [3.8, 4) is 21.8 Å². The summed E-state index contributed by atoms with van der Waals surface area (Å²) >= 11 is 3.17. The standard InChI is InChI=1S/C22H21N3O2S2/c1-13-7-9-15(10-8-13)20-24-21-19(22(27)25(20)11-3-6-17(23)26)18(14(2)29-21)16-5-4-12-28-16/h4-5,7-10,12H,3,6,11H2,1-2H3,(H2,23,26). The Morgan fingerprint density at radius 1 is 1.17 bits per heavy atom. The number of amides is 1. The number of hydrogen-bond acceptors (Lipinski definition) is 5. The molecule has 0 saturated heterocycles. The Labute approximate surface area is 176 Å². The van der Waals surface area contributed by atoms with Gasteiger partial charge in [-0.3, -0.25) is 14.2 Å². The lowest BCUT2D eigenvalue weighted by atomic mass is 10.1. The molecule has 5 nitrogen and oxygen atoms in total. The molecule has 0 aliphatic carbocycles. The fraction of sp³-hybridized carbons (Fsp3) is 0.227. The molecule has 0 atom stereocenters. The van der Waals surface area contributed by atoms with Crippen LogP contribution < -0.4 is 11.3 Å². The highest BCUT2D eigenvalue weighted by molar-refractivity contribution is 7.20. The molecule has 0 aliphatic rings. The van der Waals surface area contributed by atoms with Crippen LogP contribution in [0, 0.1) is 13.8 Å². The van der Waals surface area contributed by atoms with Crippen LogP contribution in [0.15, 0.2) is 46.6 Å². The summed E-state index contributed by atoms with van der Waals surface area (Å²) < 4.78 is 1.69. The molecule has 3 aromatic heterocycles. The van der Waals surface area contributed by atoms with E-state index in [9.17, 15) is 9.59 Å². The van der Waals surface area contributed by atoms with E-state index in [1.54, 1.807) is 27.2 Å². The predicted octanol–water partition coefficient (Wildman–Crippen LogP) is 4.74. The number of carbonyl (C=O) groups is 1. The summed E-state index contributed by atoms with van der Waals surface area (Å²) in [6, 6.07) is 12.0. The number of nitrogens with zero attached hydrogens (tertiary/aromatic N) is 2. The van der Waals surface area contributed by atoms with Gasteiger partial charge in [-0.15, -0.1) is 22.7 Å². The van der Waals surface area contributed by atoms with Crippen LogP contribution >= 0.6 is 22.7 Å². The van der Waals surface area contributed by atoms with E-state index in [2.05, 4.69) is 0 Å². The fourth-order valence-corrected chi connectivity index (χ4v) is 5.38. The molecule has 1 aromatic carbocycles. The maximum absolute atomic E-state index is 13.6. The Bertz CT molecular complexity index is 1240. The first-order chi connectivity index (χ1) is 14.0. The van der Waals surface area contributed by atoms with Gasteiger partial charge >= 0.3 is 0 Å². The van der Waals surface area contributed by atoms with E-state index < -0.39 is 0 Å². The van der Waals surface area contributed by atoms with Gasteiger partial charge in [-0.2, -0.15) is 0 Å². The normalized spacial score (nSPS) is 11.2.